The molecule has 0 bridgehead atoms. The summed E-state index contributed by atoms with van der Waals surface area (Å²) in [5, 5.41) is 0. The average Bonchev–Trinajstić information content (AvgIpc) is 2.59. The van der Waals surface area contributed by atoms with E-state index in [1.54, 1.807) is 0 Å². The second kappa shape index (κ2) is 11.6. The number of hydrogen-bond donors (Lipinski definition) is 6. The van der Waals surface area contributed by atoms with Gasteiger partial charge in [-0.2, -0.15) is 16.8 Å². The summed E-state index contributed by atoms with van der Waals surface area (Å²) in [7, 11) is -8.27. The standard InChI is InChI=1S/C14H14O.2H4N2O3S/c1-11-3-7-13(8-4-11)15-14-9-5-12(2)6-10-14;2*1-2-6(3,4)5/h3-10H,1-2H3;2*2H,1H2,(H,3,4,5). The maximum Gasteiger partial charge on any atom is 0.346 e. The molecule has 0 fully saturated rings. The van der Waals surface area contributed by atoms with Crippen LogP contribution in [0.5, 0.6) is 11.5 Å². The highest BCUT2D eigenvalue weighted by molar-refractivity contribution is 7.83. The van der Waals surface area contributed by atoms with Gasteiger partial charge in [-0.3, -0.25) is 20.8 Å². The van der Waals surface area contributed by atoms with Crippen molar-refractivity contribution in [2.75, 3.05) is 0 Å². The van der Waals surface area contributed by atoms with E-state index in [0.29, 0.717) is 0 Å². The summed E-state index contributed by atoms with van der Waals surface area (Å²) >= 11 is 0. The number of nitrogens with two attached hydrogens (primary N) is 2. The smallest absolute Gasteiger partial charge is 0.346 e. The number of rotatable bonds is 4. The van der Waals surface area contributed by atoms with E-state index < -0.39 is 20.6 Å². The molecule has 11 nitrogen and oxygen atoms in total. The van der Waals surface area contributed by atoms with Crippen molar-refractivity contribution in [1.29, 1.82) is 0 Å². The Bertz CT molecular complexity index is 809. The minimum absolute atomic E-state index is 0.879. The molecule has 0 aliphatic carbocycles. The van der Waals surface area contributed by atoms with Crippen molar-refractivity contribution in [2.45, 2.75) is 13.8 Å². The van der Waals surface area contributed by atoms with Crippen LogP contribution in [-0.2, 0) is 20.6 Å². The fraction of sp³-hybridized carbons (Fsp3) is 0.143. The van der Waals surface area contributed by atoms with Crippen LogP contribution in [0.2, 0.25) is 0 Å². The topological polar surface area (TPSA) is 194 Å². The molecule has 0 aliphatic rings. The maximum atomic E-state index is 9.32. The number of ether oxygens (including phenoxy) is 1. The molecule has 0 amide bonds. The van der Waals surface area contributed by atoms with Crippen molar-refractivity contribution in [3.05, 3.63) is 59.7 Å². The molecule has 0 aromatic heterocycles. The zero-order chi connectivity index (χ0) is 21.1. The number of hydrazine groups is 2. The summed E-state index contributed by atoms with van der Waals surface area (Å²) in [4.78, 5) is 2.26. The van der Waals surface area contributed by atoms with E-state index in [2.05, 4.69) is 25.5 Å². The van der Waals surface area contributed by atoms with E-state index in [1.807, 2.05) is 48.5 Å². The van der Waals surface area contributed by atoms with E-state index in [4.69, 9.17) is 13.8 Å². The maximum absolute atomic E-state index is 9.32. The van der Waals surface area contributed by atoms with Gasteiger partial charge in [0, 0.05) is 0 Å². The van der Waals surface area contributed by atoms with Gasteiger partial charge in [-0.1, -0.05) is 35.4 Å². The molecule has 0 radical (unpaired) electrons. The van der Waals surface area contributed by atoms with E-state index in [-0.39, 0.29) is 0 Å². The third-order valence-electron chi connectivity index (χ3n) is 2.58. The normalized spacial score (nSPS) is 10.7. The lowest BCUT2D eigenvalue weighted by Gasteiger charge is -2.05. The molecule has 0 unspecified atom stereocenters. The highest BCUT2D eigenvalue weighted by Gasteiger charge is 1.96. The Morgan fingerprint density at radius 1 is 0.704 bits per heavy atom. The van der Waals surface area contributed by atoms with E-state index in [1.165, 1.54) is 11.1 Å². The summed E-state index contributed by atoms with van der Waals surface area (Å²) in [6, 6.07) is 16.1. The van der Waals surface area contributed by atoms with Gasteiger partial charge in [-0.05, 0) is 38.1 Å². The molecule has 0 saturated carbocycles. The predicted molar refractivity (Wildman–Crippen MR) is 100 cm³/mol. The van der Waals surface area contributed by atoms with Crippen molar-refractivity contribution in [3.8, 4) is 11.5 Å². The summed E-state index contributed by atoms with van der Waals surface area (Å²) in [5.74, 6) is 10.2. The van der Waals surface area contributed by atoms with Crippen LogP contribution >= 0.6 is 0 Å². The molecule has 0 saturated heterocycles. The fourth-order valence-corrected chi connectivity index (χ4v) is 1.35. The molecule has 13 heteroatoms. The Labute approximate surface area is 158 Å². The second-order valence-corrected chi connectivity index (χ2v) is 7.29. The first-order chi connectivity index (χ1) is 12.4. The van der Waals surface area contributed by atoms with E-state index in [9.17, 15) is 16.8 Å². The van der Waals surface area contributed by atoms with Crippen molar-refractivity contribution >= 4 is 20.6 Å². The third-order valence-corrected chi connectivity index (χ3v) is 3.17. The van der Waals surface area contributed by atoms with Crippen LogP contribution in [0.25, 0.3) is 0 Å². The van der Waals surface area contributed by atoms with Gasteiger partial charge in [0.25, 0.3) is 0 Å². The lowest BCUT2D eigenvalue weighted by Crippen LogP contribution is -2.29. The van der Waals surface area contributed by atoms with Gasteiger partial charge in [0.2, 0.25) is 0 Å². The van der Waals surface area contributed by atoms with Crippen LogP contribution in [-0.4, -0.2) is 25.9 Å². The molecule has 2 aromatic carbocycles. The van der Waals surface area contributed by atoms with Crippen LogP contribution < -0.4 is 26.1 Å². The third kappa shape index (κ3) is 14.7. The molecule has 152 valence electrons. The van der Waals surface area contributed by atoms with Gasteiger partial charge in [0.05, 0.1) is 0 Å². The summed E-state index contributed by atoms with van der Waals surface area (Å²) in [6.45, 7) is 4.13. The first kappa shape index (κ1) is 24.9. The van der Waals surface area contributed by atoms with Gasteiger partial charge in [0.15, 0.2) is 0 Å². The Morgan fingerprint density at radius 3 is 1.11 bits per heavy atom. The van der Waals surface area contributed by atoms with Gasteiger partial charge in [-0.25, -0.2) is 0 Å². The van der Waals surface area contributed by atoms with Gasteiger partial charge in [0.1, 0.15) is 11.5 Å². The molecule has 0 spiro atoms. The number of hydrogen-bond acceptors (Lipinski definition) is 7. The molecular formula is C14H22N4O7S2. The lowest BCUT2D eigenvalue weighted by molar-refractivity contribution is 0.467. The van der Waals surface area contributed by atoms with Gasteiger partial charge in [-0.15, -0.1) is 9.66 Å². The Hall–Kier alpha value is -2.10. The molecule has 8 N–H and O–H groups in total. The SMILES string of the molecule is Cc1ccc(Oc2ccc(C)cc2)cc1.NNS(=O)(=O)O.NNS(=O)(=O)O. The summed E-state index contributed by atoms with van der Waals surface area (Å²) < 4.78 is 58.1. The highest BCUT2D eigenvalue weighted by Crippen LogP contribution is 2.21. The quantitative estimate of drug-likeness (QED) is 0.232. The Morgan fingerprint density at radius 2 is 0.926 bits per heavy atom. The predicted octanol–water partition coefficient (Wildman–Crippen LogP) is 0.601. The Balaban J connectivity index is 0.000000470. The minimum Gasteiger partial charge on any atom is -0.457 e. The van der Waals surface area contributed by atoms with Crippen LogP contribution in [0.1, 0.15) is 11.1 Å². The van der Waals surface area contributed by atoms with Crippen molar-refractivity contribution in [3.63, 3.8) is 0 Å². The zero-order valence-electron chi connectivity index (χ0n) is 14.5. The molecule has 0 heterocycles. The first-order valence-electron chi connectivity index (χ1n) is 7.07. The monoisotopic (exact) mass is 422 g/mol. The number of benzene rings is 2. The summed E-state index contributed by atoms with van der Waals surface area (Å²) in [6.07, 6.45) is 0. The van der Waals surface area contributed by atoms with Crippen molar-refractivity contribution in [1.82, 2.24) is 9.66 Å². The van der Waals surface area contributed by atoms with E-state index >= 15 is 0 Å². The molecule has 0 atom stereocenters. The fourth-order valence-electron chi connectivity index (χ4n) is 1.35. The van der Waals surface area contributed by atoms with Crippen LogP contribution in [0.3, 0.4) is 0 Å². The molecule has 0 aliphatic heterocycles. The first-order valence-corrected chi connectivity index (χ1v) is 9.95. The van der Waals surface area contributed by atoms with Gasteiger partial charge < -0.3 is 4.74 Å². The minimum atomic E-state index is -4.13. The largest absolute Gasteiger partial charge is 0.457 e. The summed E-state index contributed by atoms with van der Waals surface area (Å²) in [5.41, 5.74) is 2.48. The van der Waals surface area contributed by atoms with E-state index in [0.717, 1.165) is 21.2 Å². The number of nitrogens with one attached hydrogen (secondary N) is 2. The van der Waals surface area contributed by atoms with Crippen LogP contribution in [0.15, 0.2) is 48.5 Å². The van der Waals surface area contributed by atoms with Crippen molar-refractivity contribution < 1.29 is 30.7 Å². The average molecular weight is 422 g/mol. The molecule has 2 aromatic rings. The van der Waals surface area contributed by atoms with Crippen molar-refractivity contribution in [2.24, 2.45) is 11.7 Å². The van der Waals surface area contributed by atoms with Gasteiger partial charge >= 0.3 is 20.6 Å². The molecular weight excluding hydrogens is 400 g/mol. The molecule has 2 rings (SSSR count). The zero-order valence-corrected chi connectivity index (χ0v) is 16.2. The van der Waals surface area contributed by atoms with Crippen LogP contribution in [0.4, 0.5) is 0 Å². The second-order valence-electron chi connectivity index (χ2n) is 4.91. The highest BCUT2D eigenvalue weighted by atomic mass is 32.2. The lowest BCUT2D eigenvalue weighted by atomic mass is 10.2. The van der Waals surface area contributed by atoms with Crippen LogP contribution in [0, 0.1) is 13.8 Å². The Kier molecular flexibility index (Phi) is 10.7. The number of aryl methyl sites for hydroxylation is 2. The molecule has 27 heavy (non-hydrogen) atoms.